The Morgan fingerprint density at radius 1 is 1.17 bits per heavy atom. The number of rotatable bonds is 5. The highest BCUT2D eigenvalue weighted by molar-refractivity contribution is 4.97. The van der Waals surface area contributed by atoms with Crippen LogP contribution in [0.1, 0.15) is 65.2 Å². The molecule has 0 bridgehead atoms. The second-order valence-corrected chi connectivity index (χ2v) is 6.70. The molecule has 0 aromatic carbocycles. The third kappa shape index (κ3) is 3.60. The normalized spacial score (nSPS) is 33.8. The first-order valence-electron chi connectivity index (χ1n) is 8.08. The monoisotopic (exact) mass is 249 g/mol. The van der Waals surface area contributed by atoms with Gasteiger partial charge in [-0.05, 0) is 56.9 Å². The minimum absolute atomic E-state index is 0.690. The molecule has 4 atom stereocenters. The van der Waals surface area contributed by atoms with Crippen molar-refractivity contribution in [1.29, 1.82) is 0 Å². The van der Waals surface area contributed by atoms with Crippen LogP contribution < -0.4 is 5.32 Å². The minimum atomic E-state index is 0.690. The second-order valence-electron chi connectivity index (χ2n) is 6.70. The molecular weight excluding hydrogens is 218 g/mol. The van der Waals surface area contributed by atoms with Crippen molar-refractivity contribution in [2.24, 2.45) is 17.8 Å². The maximum absolute atomic E-state index is 4.11. The Kier molecular flexibility index (Phi) is 5.29. The molecule has 1 nitrogen and oxygen atoms in total. The lowest BCUT2D eigenvalue weighted by atomic mass is 9.65. The fraction of sp³-hybridized carbons (Fsp3) is 0.882. The molecule has 4 unspecified atom stereocenters. The lowest BCUT2D eigenvalue weighted by Gasteiger charge is -2.42. The van der Waals surface area contributed by atoms with Gasteiger partial charge < -0.3 is 5.32 Å². The summed E-state index contributed by atoms with van der Waals surface area (Å²) in [6.07, 6.45) is 11.6. The molecule has 2 saturated carbocycles. The van der Waals surface area contributed by atoms with Crippen LogP contribution in [0.3, 0.4) is 0 Å². The van der Waals surface area contributed by atoms with Gasteiger partial charge in [0, 0.05) is 6.04 Å². The summed E-state index contributed by atoms with van der Waals surface area (Å²) in [6.45, 7) is 9.62. The number of fused-ring (bicyclic) bond motifs is 1. The molecule has 104 valence electrons. The third-order valence-corrected chi connectivity index (χ3v) is 5.18. The molecule has 1 N–H and O–H groups in total. The van der Waals surface area contributed by atoms with Crippen LogP contribution in [-0.2, 0) is 0 Å². The van der Waals surface area contributed by atoms with Gasteiger partial charge in [-0.1, -0.05) is 38.2 Å². The molecule has 2 aliphatic carbocycles. The number of hydrogen-bond acceptors (Lipinski definition) is 1. The molecule has 0 spiro atoms. The minimum Gasteiger partial charge on any atom is -0.314 e. The van der Waals surface area contributed by atoms with Gasteiger partial charge in [0.1, 0.15) is 0 Å². The lowest BCUT2D eigenvalue weighted by Crippen LogP contribution is -2.41. The zero-order valence-corrected chi connectivity index (χ0v) is 12.4. The van der Waals surface area contributed by atoms with E-state index in [2.05, 4.69) is 25.7 Å². The summed E-state index contributed by atoms with van der Waals surface area (Å²) in [4.78, 5) is 0. The molecule has 0 amide bonds. The first-order chi connectivity index (χ1) is 8.70. The number of nitrogens with one attached hydrogen (secondary N) is 1. The smallest absolute Gasteiger partial charge is 0.0132 e. The third-order valence-electron chi connectivity index (χ3n) is 5.18. The van der Waals surface area contributed by atoms with E-state index in [1.54, 1.807) is 0 Å². The van der Waals surface area contributed by atoms with Gasteiger partial charge in [0.15, 0.2) is 0 Å². The van der Waals surface area contributed by atoms with Gasteiger partial charge in [-0.25, -0.2) is 0 Å². The quantitative estimate of drug-likeness (QED) is 0.706. The standard InChI is InChI=1S/C17H31N/c1-4-18-17(11-13(2)3)16-10-9-14-7-5-6-8-15(14)12-16/h14-18H,2,4-12H2,1,3H3. The van der Waals surface area contributed by atoms with E-state index in [-0.39, 0.29) is 0 Å². The van der Waals surface area contributed by atoms with Crippen LogP contribution >= 0.6 is 0 Å². The van der Waals surface area contributed by atoms with Crippen LogP contribution in [0, 0.1) is 17.8 Å². The van der Waals surface area contributed by atoms with Crippen molar-refractivity contribution in [3.05, 3.63) is 12.2 Å². The summed E-state index contributed by atoms with van der Waals surface area (Å²) in [5.74, 6) is 3.02. The van der Waals surface area contributed by atoms with E-state index in [0.29, 0.717) is 6.04 Å². The summed E-state index contributed by atoms with van der Waals surface area (Å²) < 4.78 is 0. The van der Waals surface area contributed by atoms with Gasteiger partial charge in [0.25, 0.3) is 0 Å². The summed E-state index contributed by atoms with van der Waals surface area (Å²) in [5.41, 5.74) is 1.34. The van der Waals surface area contributed by atoms with Crippen LogP contribution in [0.2, 0.25) is 0 Å². The molecule has 2 fully saturated rings. The average Bonchev–Trinajstić information content (AvgIpc) is 2.37. The molecule has 2 rings (SSSR count). The molecule has 0 aromatic rings. The zero-order valence-electron chi connectivity index (χ0n) is 12.4. The first-order valence-corrected chi connectivity index (χ1v) is 8.08. The van der Waals surface area contributed by atoms with Crippen molar-refractivity contribution in [3.63, 3.8) is 0 Å². The summed E-state index contributed by atoms with van der Waals surface area (Å²) in [7, 11) is 0. The Morgan fingerprint density at radius 3 is 2.56 bits per heavy atom. The summed E-state index contributed by atoms with van der Waals surface area (Å²) >= 11 is 0. The van der Waals surface area contributed by atoms with E-state index in [9.17, 15) is 0 Å². The molecule has 18 heavy (non-hydrogen) atoms. The Hall–Kier alpha value is -0.300. The van der Waals surface area contributed by atoms with E-state index in [1.165, 1.54) is 56.9 Å². The Balaban J connectivity index is 1.92. The van der Waals surface area contributed by atoms with Crippen molar-refractivity contribution in [3.8, 4) is 0 Å². The summed E-state index contributed by atoms with van der Waals surface area (Å²) in [6, 6.07) is 0.690. The van der Waals surface area contributed by atoms with Gasteiger partial charge in [-0.2, -0.15) is 0 Å². The van der Waals surface area contributed by atoms with Crippen LogP contribution in [0.25, 0.3) is 0 Å². The first kappa shape index (κ1) is 14.1. The van der Waals surface area contributed by atoms with Gasteiger partial charge in [-0.3, -0.25) is 0 Å². The molecule has 2 aliphatic rings. The molecule has 0 heterocycles. The van der Waals surface area contributed by atoms with E-state index in [0.717, 1.165) is 24.3 Å². The van der Waals surface area contributed by atoms with E-state index in [1.807, 2.05) is 0 Å². The Bertz CT molecular complexity index is 271. The molecule has 1 heteroatoms. The van der Waals surface area contributed by atoms with E-state index >= 15 is 0 Å². The van der Waals surface area contributed by atoms with Crippen LogP contribution in [0.5, 0.6) is 0 Å². The predicted molar refractivity (Wildman–Crippen MR) is 79.7 cm³/mol. The molecule has 0 radical (unpaired) electrons. The van der Waals surface area contributed by atoms with Gasteiger partial charge in [0.2, 0.25) is 0 Å². The maximum Gasteiger partial charge on any atom is 0.0132 e. The highest BCUT2D eigenvalue weighted by atomic mass is 14.9. The molecule has 0 aromatic heterocycles. The fourth-order valence-electron chi connectivity index (χ4n) is 4.32. The largest absolute Gasteiger partial charge is 0.314 e. The van der Waals surface area contributed by atoms with E-state index in [4.69, 9.17) is 0 Å². The molecule has 0 saturated heterocycles. The van der Waals surface area contributed by atoms with Gasteiger partial charge in [-0.15, -0.1) is 6.58 Å². The van der Waals surface area contributed by atoms with Crippen molar-refractivity contribution in [2.45, 2.75) is 71.3 Å². The predicted octanol–water partition coefficient (Wildman–Crippen LogP) is 4.54. The maximum atomic E-state index is 4.11. The average molecular weight is 249 g/mol. The Labute approximate surface area is 113 Å². The fourth-order valence-corrected chi connectivity index (χ4v) is 4.32. The molecule has 0 aliphatic heterocycles. The topological polar surface area (TPSA) is 12.0 Å². The highest BCUT2D eigenvalue weighted by Crippen LogP contribution is 2.44. The highest BCUT2D eigenvalue weighted by Gasteiger charge is 2.34. The zero-order chi connectivity index (χ0) is 13.0. The van der Waals surface area contributed by atoms with Gasteiger partial charge >= 0.3 is 0 Å². The van der Waals surface area contributed by atoms with Crippen LogP contribution in [0.15, 0.2) is 12.2 Å². The van der Waals surface area contributed by atoms with Crippen molar-refractivity contribution >= 4 is 0 Å². The van der Waals surface area contributed by atoms with Crippen molar-refractivity contribution in [1.82, 2.24) is 5.32 Å². The summed E-state index contributed by atoms with van der Waals surface area (Å²) in [5, 5.41) is 3.72. The number of hydrogen-bond donors (Lipinski definition) is 1. The van der Waals surface area contributed by atoms with Gasteiger partial charge in [0.05, 0.1) is 0 Å². The lowest BCUT2D eigenvalue weighted by molar-refractivity contribution is 0.109. The Morgan fingerprint density at radius 2 is 1.89 bits per heavy atom. The van der Waals surface area contributed by atoms with Crippen LogP contribution in [-0.4, -0.2) is 12.6 Å². The van der Waals surface area contributed by atoms with Crippen molar-refractivity contribution < 1.29 is 0 Å². The SMILES string of the molecule is C=C(C)CC(NCC)C1CCC2CCCCC2C1. The molecular formula is C17H31N. The second kappa shape index (κ2) is 6.75. The van der Waals surface area contributed by atoms with Crippen molar-refractivity contribution in [2.75, 3.05) is 6.54 Å². The van der Waals surface area contributed by atoms with E-state index < -0.39 is 0 Å². The van der Waals surface area contributed by atoms with Crippen LogP contribution in [0.4, 0.5) is 0 Å².